The van der Waals surface area contributed by atoms with E-state index in [1.165, 1.54) is 17.7 Å². The second-order valence-electron chi connectivity index (χ2n) is 12.0. The Balaban J connectivity index is 1.41. The van der Waals surface area contributed by atoms with Crippen LogP contribution < -0.4 is 5.32 Å². The van der Waals surface area contributed by atoms with Gasteiger partial charge in [0.15, 0.2) is 5.82 Å². The summed E-state index contributed by atoms with van der Waals surface area (Å²) >= 11 is 0. The Morgan fingerprint density at radius 1 is 1.21 bits per heavy atom. The number of H-pyrrole nitrogens is 1. The summed E-state index contributed by atoms with van der Waals surface area (Å²) in [5, 5.41) is 12.7. The third-order valence-electron chi connectivity index (χ3n) is 8.26. The molecule has 180 valence electrons. The fraction of sp³-hybridized carbons (Fsp3) is 0.607. The van der Waals surface area contributed by atoms with E-state index in [-0.39, 0.29) is 23.3 Å². The molecule has 4 aliphatic rings. The minimum absolute atomic E-state index is 0.00193. The van der Waals surface area contributed by atoms with E-state index in [1.807, 2.05) is 0 Å². The Labute approximate surface area is 203 Å². The molecule has 4 unspecified atom stereocenters. The molecule has 0 spiro atoms. The van der Waals surface area contributed by atoms with Crippen LogP contribution in [0.2, 0.25) is 0 Å². The van der Waals surface area contributed by atoms with Crippen LogP contribution in [-0.2, 0) is 4.74 Å². The Kier molecular flexibility index (Phi) is 5.60. The van der Waals surface area contributed by atoms with Crippen molar-refractivity contribution in [1.29, 1.82) is 5.26 Å². The molecule has 4 atom stereocenters. The van der Waals surface area contributed by atoms with E-state index in [1.54, 1.807) is 6.20 Å². The smallest absolute Gasteiger partial charge is 0.153 e. The summed E-state index contributed by atoms with van der Waals surface area (Å²) < 4.78 is 6.45. The summed E-state index contributed by atoms with van der Waals surface area (Å²) in [7, 11) is 0. The lowest BCUT2D eigenvalue weighted by atomic mass is 9.75. The largest absolute Gasteiger partial charge is 0.374 e. The van der Waals surface area contributed by atoms with Gasteiger partial charge in [-0.2, -0.15) is 5.26 Å². The fourth-order valence-corrected chi connectivity index (χ4v) is 6.27. The topological polar surface area (TPSA) is 86.1 Å². The predicted octanol–water partition coefficient (Wildman–Crippen LogP) is 5.46. The molecule has 6 nitrogen and oxygen atoms in total. The summed E-state index contributed by atoms with van der Waals surface area (Å²) in [6, 6.07) is 2.14. The highest BCUT2D eigenvalue weighted by Crippen LogP contribution is 2.50. The van der Waals surface area contributed by atoms with Crippen molar-refractivity contribution < 1.29 is 4.74 Å². The number of aromatic amines is 1. The molecule has 2 N–H and O–H groups in total. The number of aliphatic imine (C=N–C) groups is 1. The summed E-state index contributed by atoms with van der Waals surface area (Å²) in [5.74, 6) is 1.03. The van der Waals surface area contributed by atoms with Crippen LogP contribution >= 0.6 is 0 Å². The number of allylic oxidation sites excluding steroid dienone is 2. The highest BCUT2D eigenvalue weighted by Gasteiger charge is 2.51. The third-order valence-corrected chi connectivity index (χ3v) is 8.26. The number of nitrogens with zero attached hydrogens (tertiary/aromatic N) is 3. The standard InChI is InChI=1S/C28H37N5O/c1-18(25-30-17-21(16-29)32-25)31-23-7-6-22(20-14-27(4)12-13-28(5,15-20)34-27)33-24(23)19-8-10-26(2,3)11-9-19/h6-8,17,20,23-24,31H,1,9-15H2,2-5H3,(H,30,32). The number of nitriles is 1. The van der Waals surface area contributed by atoms with E-state index in [2.05, 4.69) is 73.9 Å². The van der Waals surface area contributed by atoms with Gasteiger partial charge in [-0.3, -0.25) is 4.99 Å². The number of rotatable bonds is 5. The number of dihydropyridines is 1. The number of hydrogen-bond donors (Lipinski definition) is 2. The lowest BCUT2D eigenvalue weighted by Crippen LogP contribution is -2.45. The van der Waals surface area contributed by atoms with Gasteiger partial charge in [-0.15, -0.1) is 0 Å². The van der Waals surface area contributed by atoms with Gasteiger partial charge >= 0.3 is 0 Å². The van der Waals surface area contributed by atoms with Crippen LogP contribution in [0.3, 0.4) is 0 Å². The van der Waals surface area contributed by atoms with Crippen molar-refractivity contribution in [2.24, 2.45) is 16.3 Å². The molecule has 2 saturated heterocycles. The average molecular weight is 460 g/mol. The number of hydrogen-bond acceptors (Lipinski definition) is 5. The summed E-state index contributed by atoms with van der Waals surface area (Å²) in [4.78, 5) is 12.7. The summed E-state index contributed by atoms with van der Waals surface area (Å²) in [5.41, 5.74) is 4.03. The molecule has 0 saturated carbocycles. The maximum absolute atomic E-state index is 9.12. The summed E-state index contributed by atoms with van der Waals surface area (Å²) in [6.45, 7) is 13.4. The maximum Gasteiger partial charge on any atom is 0.153 e. The van der Waals surface area contributed by atoms with Gasteiger partial charge in [0.25, 0.3) is 0 Å². The van der Waals surface area contributed by atoms with Gasteiger partial charge in [0.2, 0.25) is 0 Å². The van der Waals surface area contributed by atoms with Gasteiger partial charge < -0.3 is 15.0 Å². The zero-order valence-electron chi connectivity index (χ0n) is 20.9. The predicted molar refractivity (Wildman–Crippen MR) is 135 cm³/mol. The Hall–Kier alpha value is -2.65. The first-order chi connectivity index (χ1) is 16.1. The molecule has 2 fully saturated rings. The molecule has 1 aromatic heterocycles. The second-order valence-corrected chi connectivity index (χ2v) is 12.0. The number of imidazole rings is 1. The molecule has 4 heterocycles. The molecule has 0 aromatic carbocycles. The van der Waals surface area contributed by atoms with Gasteiger partial charge in [0.05, 0.1) is 35.2 Å². The first-order valence-corrected chi connectivity index (χ1v) is 12.6. The normalized spacial score (nSPS) is 36.4. The summed E-state index contributed by atoms with van der Waals surface area (Å²) in [6.07, 6.45) is 16.1. The quantitative estimate of drug-likeness (QED) is 0.572. The minimum atomic E-state index is -0.0290. The van der Waals surface area contributed by atoms with Crippen LogP contribution in [0.4, 0.5) is 0 Å². The van der Waals surface area contributed by atoms with Crippen LogP contribution in [0.5, 0.6) is 0 Å². The number of nitrogens with one attached hydrogen (secondary N) is 2. The van der Waals surface area contributed by atoms with E-state index in [0.717, 1.165) is 38.5 Å². The Bertz CT molecular complexity index is 1100. The second kappa shape index (κ2) is 8.23. The molecule has 0 radical (unpaired) electrons. The van der Waals surface area contributed by atoms with E-state index in [0.29, 0.717) is 28.5 Å². The zero-order valence-corrected chi connectivity index (χ0v) is 20.9. The molecule has 6 heteroatoms. The van der Waals surface area contributed by atoms with Crippen LogP contribution in [0.1, 0.15) is 84.2 Å². The van der Waals surface area contributed by atoms with Crippen molar-refractivity contribution in [2.75, 3.05) is 0 Å². The number of aromatic nitrogens is 2. The van der Waals surface area contributed by atoms with E-state index >= 15 is 0 Å². The maximum atomic E-state index is 9.12. The van der Waals surface area contributed by atoms with Crippen LogP contribution in [-0.4, -0.2) is 39.0 Å². The van der Waals surface area contributed by atoms with Gasteiger partial charge in [-0.25, -0.2) is 4.98 Å². The van der Waals surface area contributed by atoms with Gasteiger partial charge in [-0.05, 0) is 75.9 Å². The van der Waals surface area contributed by atoms with Crippen LogP contribution in [0.25, 0.3) is 5.70 Å². The van der Waals surface area contributed by atoms with Crippen molar-refractivity contribution in [3.8, 4) is 6.07 Å². The molecular weight excluding hydrogens is 422 g/mol. The van der Waals surface area contributed by atoms with Gasteiger partial charge in [0, 0.05) is 11.6 Å². The number of fused-ring (bicyclic) bond motifs is 2. The monoisotopic (exact) mass is 459 g/mol. The molecule has 0 amide bonds. The average Bonchev–Trinajstić information content (AvgIpc) is 3.35. The van der Waals surface area contributed by atoms with Crippen molar-refractivity contribution in [3.05, 3.63) is 48.1 Å². The molecule has 3 aliphatic heterocycles. The SMILES string of the molecule is C=C(NC1C=CC(C2CC3(C)CCC(C)(C2)O3)=NC1C1=CCC(C)(C)CC1)c1ncc(C#N)[nH]1. The van der Waals surface area contributed by atoms with Gasteiger partial charge in [-0.1, -0.05) is 32.6 Å². The minimum Gasteiger partial charge on any atom is -0.374 e. The van der Waals surface area contributed by atoms with E-state index in [4.69, 9.17) is 15.0 Å². The lowest BCUT2D eigenvalue weighted by Gasteiger charge is -2.42. The van der Waals surface area contributed by atoms with Crippen molar-refractivity contribution in [1.82, 2.24) is 15.3 Å². The lowest BCUT2D eigenvalue weighted by molar-refractivity contribution is -0.129. The highest BCUT2D eigenvalue weighted by molar-refractivity contribution is 5.98. The van der Waals surface area contributed by atoms with Crippen LogP contribution in [0.15, 0.2) is 41.6 Å². The highest BCUT2D eigenvalue weighted by atomic mass is 16.5. The molecular formula is C28H37N5O. The van der Waals surface area contributed by atoms with E-state index in [9.17, 15) is 0 Å². The third kappa shape index (κ3) is 4.51. The molecule has 1 aliphatic carbocycles. The molecule has 2 bridgehead atoms. The molecule has 1 aromatic rings. The zero-order chi connectivity index (χ0) is 24.1. The Morgan fingerprint density at radius 2 is 1.94 bits per heavy atom. The first kappa shape index (κ1) is 23.1. The van der Waals surface area contributed by atoms with Gasteiger partial charge in [0.1, 0.15) is 11.8 Å². The fourth-order valence-electron chi connectivity index (χ4n) is 6.27. The Morgan fingerprint density at radius 3 is 2.56 bits per heavy atom. The first-order valence-electron chi connectivity index (χ1n) is 12.6. The molecule has 5 rings (SSSR count). The van der Waals surface area contributed by atoms with Crippen molar-refractivity contribution >= 4 is 11.4 Å². The van der Waals surface area contributed by atoms with Crippen molar-refractivity contribution in [2.45, 2.75) is 95.9 Å². The number of ether oxygens (including phenoxy) is 1. The van der Waals surface area contributed by atoms with E-state index < -0.39 is 0 Å². The van der Waals surface area contributed by atoms with Crippen LogP contribution in [0, 0.1) is 22.7 Å². The molecule has 34 heavy (non-hydrogen) atoms. The van der Waals surface area contributed by atoms with Crippen molar-refractivity contribution in [3.63, 3.8) is 0 Å².